The van der Waals surface area contributed by atoms with Crippen molar-refractivity contribution in [2.75, 3.05) is 26.1 Å². The highest BCUT2D eigenvalue weighted by molar-refractivity contribution is 7.80. The summed E-state index contributed by atoms with van der Waals surface area (Å²) < 4.78 is 24.1. The Hall–Kier alpha value is -2.65. The highest BCUT2D eigenvalue weighted by Crippen LogP contribution is 2.27. The van der Waals surface area contributed by atoms with E-state index in [9.17, 15) is 4.39 Å². The normalized spacial score (nSPS) is 9.89. The van der Waals surface area contributed by atoms with Crippen LogP contribution in [0.15, 0.2) is 42.5 Å². The van der Waals surface area contributed by atoms with Crippen LogP contribution in [0, 0.1) is 5.82 Å². The molecule has 0 unspecified atom stereocenters. The fourth-order valence-corrected chi connectivity index (χ4v) is 2.54. The van der Waals surface area contributed by atoms with Crippen LogP contribution in [0.3, 0.4) is 0 Å². The molecule has 0 radical (unpaired) electrons. The molecular formula is C18H21FN4O2S2. The van der Waals surface area contributed by atoms with Crippen molar-refractivity contribution in [1.82, 2.24) is 16.2 Å². The Morgan fingerprint density at radius 3 is 2.37 bits per heavy atom. The Kier molecular flexibility index (Phi) is 8.02. The Labute approximate surface area is 168 Å². The minimum absolute atomic E-state index is 0.198. The molecule has 144 valence electrons. The first-order chi connectivity index (χ1) is 13.0. The average molecular weight is 409 g/mol. The third-order valence-electron chi connectivity index (χ3n) is 3.56. The molecular weight excluding hydrogens is 387 g/mol. The van der Waals surface area contributed by atoms with E-state index in [1.54, 1.807) is 32.4 Å². The maximum atomic E-state index is 13.6. The lowest BCUT2D eigenvalue weighted by Crippen LogP contribution is -2.48. The summed E-state index contributed by atoms with van der Waals surface area (Å²) in [7, 11) is 3.20. The fraction of sp³-hybridized carbons (Fsp3) is 0.222. The molecule has 4 N–H and O–H groups in total. The lowest BCUT2D eigenvalue weighted by molar-refractivity contribution is 0.354. The van der Waals surface area contributed by atoms with Gasteiger partial charge in [-0.25, -0.2) is 4.39 Å². The number of rotatable bonds is 6. The van der Waals surface area contributed by atoms with Crippen molar-refractivity contribution in [2.45, 2.75) is 6.42 Å². The van der Waals surface area contributed by atoms with E-state index in [1.807, 2.05) is 18.2 Å². The average Bonchev–Trinajstić information content (AvgIpc) is 2.68. The molecule has 0 aliphatic carbocycles. The molecule has 0 aliphatic heterocycles. The highest BCUT2D eigenvalue weighted by atomic mass is 32.1. The maximum Gasteiger partial charge on any atom is 0.189 e. The van der Waals surface area contributed by atoms with Crippen molar-refractivity contribution < 1.29 is 13.9 Å². The number of thiocarbonyl (C=S) groups is 2. The Bertz CT molecular complexity index is 805. The molecule has 6 nitrogen and oxygen atoms in total. The van der Waals surface area contributed by atoms with Crippen molar-refractivity contribution in [1.29, 1.82) is 0 Å². The summed E-state index contributed by atoms with van der Waals surface area (Å²) in [6.45, 7) is 0.608. The second kappa shape index (κ2) is 10.5. The molecule has 0 aliphatic rings. The van der Waals surface area contributed by atoms with Crippen LogP contribution in [0.2, 0.25) is 0 Å². The molecule has 0 spiro atoms. The predicted molar refractivity (Wildman–Crippen MR) is 113 cm³/mol. The van der Waals surface area contributed by atoms with Crippen LogP contribution in [0.4, 0.5) is 10.1 Å². The van der Waals surface area contributed by atoms with Gasteiger partial charge in [-0.3, -0.25) is 10.9 Å². The van der Waals surface area contributed by atoms with Crippen molar-refractivity contribution in [3.05, 3.63) is 53.8 Å². The van der Waals surface area contributed by atoms with Gasteiger partial charge in [-0.05, 0) is 60.7 Å². The standard InChI is InChI=1S/C18H21FN4O2S2/c1-24-15-8-7-12(11-16(15)25-2)9-10-20-17(26)22-23-18(27)21-14-6-4-3-5-13(14)19/h3-8,11H,9-10H2,1-2H3,(H2,20,22,26)(H2,21,23,27). The molecule has 0 bridgehead atoms. The van der Waals surface area contributed by atoms with Crippen LogP contribution in [-0.2, 0) is 6.42 Å². The quantitative estimate of drug-likeness (QED) is 0.430. The van der Waals surface area contributed by atoms with Crippen LogP contribution in [0.1, 0.15) is 5.56 Å². The van der Waals surface area contributed by atoms with Crippen LogP contribution in [-0.4, -0.2) is 31.0 Å². The molecule has 0 saturated heterocycles. The number of hydrogen-bond donors (Lipinski definition) is 4. The zero-order chi connectivity index (χ0) is 19.6. The van der Waals surface area contributed by atoms with Gasteiger partial charge in [0.05, 0.1) is 19.9 Å². The summed E-state index contributed by atoms with van der Waals surface area (Å²) in [5.41, 5.74) is 6.81. The minimum atomic E-state index is -0.391. The molecule has 9 heteroatoms. The summed E-state index contributed by atoms with van der Waals surface area (Å²) in [6, 6.07) is 12.0. The summed E-state index contributed by atoms with van der Waals surface area (Å²) in [4.78, 5) is 0. The fourth-order valence-electron chi connectivity index (χ4n) is 2.23. The zero-order valence-electron chi connectivity index (χ0n) is 15.0. The van der Waals surface area contributed by atoms with Gasteiger partial charge in [-0.15, -0.1) is 0 Å². The summed E-state index contributed by atoms with van der Waals surface area (Å²) in [6.07, 6.45) is 0.736. The Morgan fingerprint density at radius 1 is 0.963 bits per heavy atom. The summed E-state index contributed by atoms with van der Waals surface area (Å²) >= 11 is 10.3. The van der Waals surface area contributed by atoms with Gasteiger partial charge in [0.2, 0.25) is 0 Å². The zero-order valence-corrected chi connectivity index (χ0v) is 16.6. The van der Waals surface area contributed by atoms with E-state index >= 15 is 0 Å². The number of nitrogens with one attached hydrogen (secondary N) is 4. The lowest BCUT2D eigenvalue weighted by Gasteiger charge is -2.15. The van der Waals surface area contributed by atoms with E-state index < -0.39 is 5.82 Å². The molecule has 0 atom stereocenters. The van der Waals surface area contributed by atoms with Crippen molar-refractivity contribution >= 4 is 40.3 Å². The SMILES string of the molecule is COc1ccc(CCNC(=S)NNC(=S)Nc2ccccc2F)cc1OC. The number of benzene rings is 2. The number of hydrazine groups is 1. The van der Waals surface area contributed by atoms with Gasteiger partial charge in [0.15, 0.2) is 21.7 Å². The van der Waals surface area contributed by atoms with E-state index in [1.165, 1.54) is 6.07 Å². The van der Waals surface area contributed by atoms with Gasteiger partial charge < -0.3 is 20.1 Å². The van der Waals surface area contributed by atoms with E-state index in [0.717, 1.165) is 12.0 Å². The van der Waals surface area contributed by atoms with Gasteiger partial charge >= 0.3 is 0 Å². The monoisotopic (exact) mass is 408 g/mol. The number of ether oxygens (including phenoxy) is 2. The van der Waals surface area contributed by atoms with Crippen LogP contribution < -0.4 is 31.0 Å². The molecule has 0 fully saturated rings. The number of anilines is 1. The van der Waals surface area contributed by atoms with E-state index in [0.29, 0.717) is 23.2 Å². The molecule has 0 saturated carbocycles. The summed E-state index contributed by atoms with van der Waals surface area (Å²) in [5, 5.41) is 6.36. The molecule has 2 rings (SSSR count). The van der Waals surface area contributed by atoms with Gasteiger partial charge in [0.25, 0.3) is 0 Å². The first kappa shape index (κ1) is 20.7. The molecule has 27 heavy (non-hydrogen) atoms. The maximum absolute atomic E-state index is 13.6. The molecule has 0 heterocycles. The van der Waals surface area contributed by atoms with Crippen molar-refractivity contribution in [3.8, 4) is 11.5 Å². The van der Waals surface area contributed by atoms with Crippen LogP contribution in [0.25, 0.3) is 0 Å². The second-order valence-corrected chi connectivity index (χ2v) is 6.20. The van der Waals surface area contributed by atoms with Gasteiger partial charge in [0, 0.05) is 6.54 Å². The number of hydrogen-bond acceptors (Lipinski definition) is 4. The van der Waals surface area contributed by atoms with E-state index in [4.69, 9.17) is 33.9 Å². The third-order valence-corrected chi connectivity index (χ3v) is 4.01. The van der Waals surface area contributed by atoms with E-state index in [-0.39, 0.29) is 10.8 Å². The van der Waals surface area contributed by atoms with Gasteiger partial charge in [0.1, 0.15) is 5.82 Å². The molecule has 0 aromatic heterocycles. The molecule has 0 amide bonds. The van der Waals surface area contributed by atoms with Crippen LogP contribution >= 0.6 is 24.4 Å². The predicted octanol–water partition coefficient (Wildman–Crippen LogP) is 2.75. The number of para-hydroxylation sites is 1. The first-order valence-electron chi connectivity index (χ1n) is 8.09. The molecule has 2 aromatic rings. The smallest absolute Gasteiger partial charge is 0.189 e. The Morgan fingerprint density at radius 2 is 1.67 bits per heavy atom. The summed E-state index contributed by atoms with van der Waals surface area (Å²) in [5.74, 6) is 0.977. The van der Waals surface area contributed by atoms with Crippen molar-refractivity contribution in [3.63, 3.8) is 0 Å². The first-order valence-corrected chi connectivity index (χ1v) is 8.91. The van der Waals surface area contributed by atoms with Crippen LogP contribution in [0.5, 0.6) is 11.5 Å². The lowest BCUT2D eigenvalue weighted by atomic mass is 10.1. The van der Waals surface area contributed by atoms with E-state index in [2.05, 4.69) is 21.5 Å². The largest absolute Gasteiger partial charge is 0.493 e. The number of halogens is 1. The van der Waals surface area contributed by atoms with Gasteiger partial charge in [-0.1, -0.05) is 18.2 Å². The topological polar surface area (TPSA) is 66.6 Å². The third kappa shape index (κ3) is 6.54. The second-order valence-electron chi connectivity index (χ2n) is 5.38. The van der Waals surface area contributed by atoms with Crippen molar-refractivity contribution in [2.24, 2.45) is 0 Å². The van der Waals surface area contributed by atoms with Gasteiger partial charge in [-0.2, -0.15) is 0 Å². The number of methoxy groups -OCH3 is 2. The molecule has 2 aromatic carbocycles. The Balaban J connectivity index is 1.72. The highest BCUT2D eigenvalue weighted by Gasteiger charge is 2.05. The minimum Gasteiger partial charge on any atom is -0.493 e.